The molecule has 0 aliphatic rings. The lowest BCUT2D eigenvalue weighted by atomic mass is 10.1. The molecule has 31 heavy (non-hydrogen) atoms. The van der Waals surface area contributed by atoms with Crippen LogP contribution in [-0.2, 0) is 6.61 Å². The summed E-state index contributed by atoms with van der Waals surface area (Å²) in [4.78, 5) is 20.7. The number of H-pyrrole nitrogens is 1. The van der Waals surface area contributed by atoms with Crippen molar-refractivity contribution in [1.29, 1.82) is 0 Å². The Hall–Kier alpha value is -3.87. The molecule has 2 heterocycles. The van der Waals surface area contributed by atoms with E-state index in [1.165, 1.54) is 0 Å². The predicted molar refractivity (Wildman–Crippen MR) is 117 cm³/mol. The summed E-state index contributed by atoms with van der Waals surface area (Å²) in [5.41, 5.74) is 4.06. The monoisotopic (exact) mass is 416 g/mol. The van der Waals surface area contributed by atoms with E-state index in [1.807, 2.05) is 63.2 Å². The van der Waals surface area contributed by atoms with Crippen molar-refractivity contribution in [2.75, 3.05) is 0 Å². The molecule has 1 unspecified atom stereocenters. The lowest BCUT2D eigenvalue weighted by Gasteiger charge is -2.15. The quantitative estimate of drug-likeness (QED) is 0.453. The molecule has 0 radical (unpaired) electrons. The molecule has 0 aliphatic carbocycles. The average Bonchev–Trinajstić information content (AvgIpc) is 3.40. The SMILES string of the molecule is Cc1noc(C)c1COc1ccccc1C(=O)NC(C)c1ncc(-c2ccccc2)[nH]1. The van der Waals surface area contributed by atoms with Gasteiger partial charge in [-0.2, -0.15) is 0 Å². The second-order valence-corrected chi connectivity index (χ2v) is 7.33. The van der Waals surface area contributed by atoms with Crippen LogP contribution >= 0.6 is 0 Å². The highest BCUT2D eigenvalue weighted by Crippen LogP contribution is 2.23. The highest BCUT2D eigenvalue weighted by Gasteiger charge is 2.18. The van der Waals surface area contributed by atoms with Crippen LogP contribution in [0.1, 0.15) is 46.2 Å². The van der Waals surface area contributed by atoms with E-state index in [0.717, 1.165) is 22.5 Å². The van der Waals surface area contributed by atoms with E-state index in [-0.39, 0.29) is 18.6 Å². The fourth-order valence-corrected chi connectivity index (χ4v) is 3.30. The van der Waals surface area contributed by atoms with E-state index in [9.17, 15) is 4.79 Å². The molecule has 7 heteroatoms. The lowest BCUT2D eigenvalue weighted by Crippen LogP contribution is -2.27. The zero-order valence-electron chi connectivity index (χ0n) is 17.7. The third kappa shape index (κ3) is 4.50. The van der Waals surface area contributed by atoms with Gasteiger partial charge in [0, 0.05) is 0 Å². The molecule has 1 amide bonds. The zero-order chi connectivity index (χ0) is 21.8. The standard InChI is InChI=1S/C24H24N4O3/c1-15-20(17(3)31-28-15)14-30-22-12-8-7-11-19(22)24(29)26-16(2)23-25-13-21(27-23)18-9-5-4-6-10-18/h4-13,16H,14H2,1-3H3,(H,25,27)(H,26,29). The summed E-state index contributed by atoms with van der Waals surface area (Å²) in [6.45, 7) is 5.87. The predicted octanol–water partition coefficient (Wildman–Crippen LogP) is 4.75. The number of ether oxygens (including phenoxy) is 1. The number of amides is 1. The number of hydrogen-bond donors (Lipinski definition) is 2. The first kappa shape index (κ1) is 20.4. The Kier molecular flexibility index (Phi) is 5.84. The summed E-state index contributed by atoms with van der Waals surface area (Å²) >= 11 is 0. The summed E-state index contributed by atoms with van der Waals surface area (Å²) in [6.07, 6.45) is 1.77. The number of aromatic amines is 1. The minimum Gasteiger partial charge on any atom is -0.488 e. The largest absolute Gasteiger partial charge is 0.488 e. The van der Waals surface area contributed by atoms with Gasteiger partial charge in [-0.15, -0.1) is 0 Å². The van der Waals surface area contributed by atoms with Crippen LogP contribution in [0.4, 0.5) is 0 Å². The van der Waals surface area contributed by atoms with Gasteiger partial charge in [-0.1, -0.05) is 47.6 Å². The highest BCUT2D eigenvalue weighted by molar-refractivity contribution is 5.97. The number of carbonyl (C=O) groups excluding carboxylic acids is 1. The van der Waals surface area contributed by atoms with Crippen LogP contribution in [0.5, 0.6) is 5.75 Å². The minimum atomic E-state index is -0.305. The average molecular weight is 416 g/mol. The molecule has 2 aromatic carbocycles. The van der Waals surface area contributed by atoms with Crippen molar-refractivity contribution < 1.29 is 14.1 Å². The molecule has 0 bridgehead atoms. The van der Waals surface area contributed by atoms with Crippen LogP contribution in [0.25, 0.3) is 11.3 Å². The second-order valence-electron chi connectivity index (χ2n) is 7.33. The normalized spacial score (nSPS) is 11.8. The first-order valence-corrected chi connectivity index (χ1v) is 10.1. The van der Waals surface area contributed by atoms with Gasteiger partial charge in [0.15, 0.2) is 0 Å². The molecular formula is C24H24N4O3. The Morgan fingerprint density at radius 2 is 1.87 bits per heavy atom. The maximum Gasteiger partial charge on any atom is 0.255 e. The maximum absolute atomic E-state index is 13.0. The fourth-order valence-electron chi connectivity index (χ4n) is 3.30. The number of carbonyl (C=O) groups is 1. The smallest absolute Gasteiger partial charge is 0.255 e. The van der Waals surface area contributed by atoms with Gasteiger partial charge >= 0.3 is 0 Å². The number of benzene rings is 2. The Bertz CT molecular complexity index is 1160. The number of hydrogen-bond acceptors (Lipinski definition) is 5. The topological polar surface area (TPSA) is 93.0 Å². The highest BCUT2D eigenvalue weighted by atomic mass is 16.5. The molecular weight excluding hydrogens is 392 g/mol. The summed E-state index contributed by atoms with van der Waals surface area (Å²) in [5, 5.41) is 6.93. The Morgan fingerprint density at radius 1 is 1.13 bits per heavy atom. The van der Waals surface area contributed by atoms with Crippen LogP contribution in [0.15, 0.2) is 65.3 Å². The molecule has 4 aromatic rings. The van der Waals surface area contributed by atoms with Crippen LogP contribution < -0.4 is 10.1 Å². The van der Waals surface area contributed by atoms with E-state index in [1.54, 1.807) is 18.3 Å². The van der Waals surface area contributed by atoms with Crippen molar-refractivity contribution in [3.63, 3.8) is 0 Å². The number of aromatic nitrogens is 3. The van der Waals surface area contributed by atoms with Crippen molar-refractivity contribution in [3.8, 4) is 17.0 Å². The molecule has 7 nitrogen and oxygen atoms in total. The maximum atomic E-state index is 13.0. The van der Waals surface area contributed by atoms with E-state index >= 15 is 0 Å². The number of nitrogens with zero attached hydrogens (tertiary/aromatic N) is 2. The van der Waals surface area contributed by atoms with Crippen LogP contribution in [-0.4, -0.2) is 21.0 Å². The van der Waals surface area contributed by atoms with Crippen molar-refractivity contribution in [1.82, 2.24) is 20.4 Å². The summed E-state index contributed by atoms with van der Waals surface area (Å²) < 4.78 is 11.1. The van der Waals surface area contributed by atoms with Crippen LogP contribution in [0, 0.1) is 13.8 Å². The van der Waals surface area contributed by atoms with Gasteiger partial charge in [-0.3, -0.25) is 4.79 Å². The van der Waals surface area contributed by atoms with Crippen LogP contribution in [0.3, 0.4) is 0 Å². The zero-order valence-corrected chi connectivity index (χ0v) is 17.7. The van der Waals surface area contributed by atoms with Crippen molar-refractivity contribution >= 4 is 5.91 Å². The van der Waals surface area contributed by atoms with Gasteiger partial charge in [0.2, 0.25) is 0 Å². The molecule has 0 aliphatic heterocycles. The first-order valence-electron chi connectivity index (χ1n) is 10.1. The molecule has 158 valence electrons. The van der Waals surface area contributed by atoms with Gasteiger partial charge < -0.3 is 19.6 Å². The molecule has 0 spiro atoms. The molecule has 0 fully saturated rings. The molecule has 2 N–H and O–H groups in total. The van der Waals surface area contributed by atoms with Gasteiger partial charge in [0.1, 0.15) is 23.9 Å². The van der Waals surface area contributed by atoms with Gasteiger partial charge in [-0.25, -0.2) is 4.98 Å². The van der Waals surface area contributed by atoms with Crippen molar-refractivity contribution in [3.05, 3.63) is 89.2 Å². The van der Waals surface area contributed by atoms with E-state index < -0.39 is 0 Å². The Labute approximate surface area is 180 Å². The Morgan fingerprint density at radius 3 is 2.61 bits per heavy atom. The van der Waals surface area contributed by atoms with Crippen molar-refractivity contribution in [2.45, 2.75) is 33.4 Å². The van der Waals surface area contributed by atoms with Crippen LogP contribution in [0.2, 0.25) is 0 Å². The number of rotatable bonds is 7. The van der Waals surface area contributed by atoms with E-state index in [0.29, 0.717) is 22.9 Å². The van der Waals surface area contributed by atoms with E-state index in [4.69, 9.17) is 9.26 Å². The number of imidazole rings is 1. The molecule has 2 aromatic heterocycles. The van der Waals surface area contributed by atoms with Gasteiger partial charge in [0.25, 0.3) is 5.91 Å². The van der Waals surface area contributed by atoms with Gasteiger partial charge in [0.05, 0.1) is 34.8 Å². The summed E-state index contributed by atoms with van der Waals surface area (Å²) in [6, 6.07) is 16.8. The minimum absolute atomic E-state index is 0.237. The van der Waals surface area contributed by atoms with Crippen molar-refractivity contribution in [2.24, 2.45) is 0 Å². The molecule has 0 saturated carbocycles. The Balaban J connectivity index is 1.46. The molecule has 0 saturated heterocycles. The fraction of sp³-hybridized carbons (Fsp3) is 0.208. The van der Waals surface area contributed by atoms with E-state index in [2.05, 4.69) is 20.4 Å². The van der Waals surface area contributed by atoms with Gasteiger partial charge in [-0.05, 0) is 38.5 Å². The lowest BCUT2D eigenvalue weighted by molar-refractivity contribution is 0.0934. The summed E-state index contributed by atoms with van der Waals surface area (Å²) in [5.74, 6) is 1.65. The number of nitrogens with one attached hydrogen (secondary N) is 2. The third-order valence-electron chi connectivity index (χ3n) is 5.12. The summed E-state index contributed by atoms with van der Waals surface area (Å²) in [7, 11) is 0. The molecule has 1 atom stereocenters. The third-order valence-corrected chi connectivity index (χ3v) is 5.12. The molecule has 4 rings (SSSR count). The second kappa shape index (κ2) is 8.87. The number of aryl methyl sites for hydroxylation is 2. The first-order chi connectivity index (χ1) is 15.0. The number of para-hydroxylation sites is 1.